The van der Waals surface area contributed by atoms with Gasteiger partial charge in [0.25, 0.3) is 15.9 Å². The van der Waals surface area contributed by atoms with Crippen LogP contribution in [0.1, 0.15) is 21.7 Å². The zero-order valence-corrected chi connectivity index (χ0v) is 15.7. The lowest BCUT2D eigenvalue weighted by molar-refractivity contribution is -0.143. The summed E-state index contributed by atoms with van der Waals surface area (Å²) < 4.78 is 94.4. The number of nitrogens with one attached hydrogen (secondary N) is 1. The van der Waals surface area contributed by atoms with Gasteiger partial charge in [-0.3, -0.25) is 4.79 Å². The first-order valence-corrected chi connectivity index (χ1v) is 9.48. The van der Waals surface area contributed by atoms with E-state index in [1.54, 1.807) is 6.07 Å². The van der Waals surface area contributed by atoms with Crippen LogP contribution in [0.25, 0.3) is 5.69 Å². The molecule has 3 aromatic rings. The predicted molar refractivity (Wildman–Crippen MR) is 92.1 cm³/mol. The van der Waals surface area contributed by atoms with Crippen LogP contribution in [-0.2, 0) is 16.2 Å². The zero-order chi connectivity index (χ0) is 23.0. The third-order valence-corrected chi connectivity index (χ3v) is 5.18. The summed E-state index contributed by atoms with van der Waals surface area (Å²) in [6, 6.07) is 7.89. The largest absolute Gasteiger partial charge is 0.435 e. The summed E-state index contributed by atoms with van der Waals surface area (Å²) in [6.45, 7) is 0. The fraction of sp³-hybridized carbons (Fsp3) is 0.0588. The highest BCUT2D eigenvalue weighted by molar-refractivity contribution is 7.90. The molecule has 0 bridgehead atoms. The number of carbonyl (C=O) groups excluding carboxylic acids is 1. The Kier molecular flexibility index (Phi) is 5.47. The lowest BCUT2D eigenvalue weighted by Crippen LogP contribution is -2.33. The van der Waals surface area contributed by atoms with E-state index in [1.165, 1.54) is 4.72 Å². The van der Waals surface area contributed by atoms with E-state index in [0.29, 0.717) is 6.07 Å². The maximum absolute atomic E-state index is 14.2. The Morgan fingerprint density at radius 2 is 1.77 bits per heavy atom. The molecule has 0 saturated heterocycles. The molecule has 1 N–H and O–H groups in total. The van der Waals surface area contributed by atoms with Crippen molar-refractivity contribution in [3.63, 3.8) is 0 Å². The van der Waals surface area contributed by atoms with Crippen molar-refractivity contribution in [2.24, 2.45) is 0 Å². The summed E-state index contributed by atoms with van der Waals surface area (Å²) in [6.07, 6.45) is -5.32. The van der Waals surface area contributed by atoms with Crippen molar-refractivity contribution in [2.75, 3.05) is 0 Å². The number of alkyl halides is 3. The van der Waals surface area contributed by atoms with Gasteiger partial charge in [-0.2, -0.15) is 18.4 Å². The van der Waals surface area contributed by atoms with Crippen LogP contribution in [0, 0.1) is 23.0 Å². The van der Waals surface area contributed by atoms with Gasteiger partial charge in [0.2, 0.25) is 0 Å². The molecule has 0 atom stereocenters. The van der Waals surface area contributed by atoms with Gasteiger partial charge in [-0.05, 0) is 30.3 Å². The molecule has 160 valence electrons. The molecule has 0 unspecified atom stereocenters. The van der Waals surface area contributed by atoms with Crippen molar-refractivity contribution in [1.82, 2.24) is 19.7 Å². The average molecular weight is 457 g/mol. The molecule has 0 aliphatic heterocycles. The number of benzene rings is 2. The van der Waals surface area contributed by atoms with Gasteiger partial charge in [0.05, 0.1) is 11.6 Å². The third kappa shape index (κ3) is 4.21. The number of rotatable bonds is 4. The van der Waals surface area contributed by atoms with Crippen LogP contribution in [0.15, 0.2) is 47.4 Å². The van der Waals surface area contributed by atoms with E-state index in [4.69, 9.17) is 5.26 Å². The lowest BCUT2D eigenvalue weighted by Gasteiger charge is -2.12. The SMILES string of the molecule is N#Cc1ccc(-n2nnc(C(=O)NS(=O)(=O)c3ccccc3F)c2C(F)(F)F)c(F)c1. The summed E-state index contributed by atoms with van der Waals surface area (Å²) in [5.41, 5.74) is -4.35. The number of nitriles is 1. The standard InChI is InChI=1S/C17H8F5N5O3S/c18-10-3-1-2-4-13(10)31(29,30)25-16(28)14-15(17(20,21)22)27(26-24-14)12-6-5-9(8-23)7-11(12)19/h1-7H,(H,25,28). The Labute approximate surface area is 170 Å². The second-order valence-corrected chi connectivity index (χ2v) is 7.49. The highest BCUT2D eigenvalue weighted by Gasteiger charge is 2.43. The van der Waals surface area contributed by atoms with Gasteiger partial charge in [-0.1, -0.05) is 17.3 Å². The number of nitrogens with zero attached hydrogens (tertiary/aromatic N) is 4. The van der Waals surface area contributed by atoms with Gasteiger partial charge >= 0.3 is 6.18 Å². The fourth-order valence-corrected chi connectivity index (χ4v) is 3.53. The molecule has 8 nitrogen and oxygen atoms in total. The van der Waals surface area contributed by atoms with Crippen molar-refractivity contribution in [2.45, 2.75) is 11.1 Å². The molecule has 2 aromatic carbocycles. The van der Waals surface area contributed by atoms with Crippen molar-refractivity contribution in [1.29, 1.82) is 5.26 Å². The monoisotopic (exact) mass is 457 g/mol. The second-order valence-electron chi connectivity index (χ2n) is 5.84. The molecule has 31 heavy (non-hydrogen) atoms. The quantitative estimate of drug-likeness (QED) is 0.602. The van der Waals surface area contributed by atoms with Gasteiger partial charge < -0.3 is 0 Å². The van der Waals surface area contributed by atoms with E-state index in [9.17, 15) is 35.2 Å². The van der Waals surface area contributed by atoms with Crippen molar-refractivity contribution < 1.29 is 35.2 Å². The molecule has 1 amide bonds. The van der Waals surface area contributed by atoms with Crippen molar-refractivity contribution >= 4 is 15.9 Å². The lowest BCUT2D eigenvalue weighted by atomic mass is 10.2. The smallest absolute Gasteiger partial charge is 0.266 e. The minimum absolute atomic E-state index is 0.0544. The first kappa shape index (κ1) is 21.8. The van der Waals surface area contributed by atoms with Crippen LogP contribution in [-0.4, -0.2) is 29.3 Å². The van der Waals surface area contributed by atoms with Crippen LogP contribution in [0.2, 0.25) is 0 Å². The highest BCUT2D eigenvalue weighted by atomic mass is 32.2. The predicted octanol–water partition coefficient (Wildman–Crippen LogP) is 2.55. The van der Waals surface area contributed by atoms with Crippen LogP contribution >= 0.6 is 0 Å². The normalized spacial score (nSPS) is 11.7. The molecule has 0 spiro atoms. The van der Waals surface area contributed by atoms with E-state index in [2.05, 4.69) is 10.3 Å². The number of aromatic nitrogens is 3. The second kappa shape index (κ2) is 7.76. The summed E-state index contributed by atoms with van der Waals surface area (Å²) in [4.78, 5) is 11.3. The minimum atomic E-state index is -5.32. The first-order valence-electron chi connectivity index (χ1n) is 8.00. The Balaban J connectivity index is 2.08. The minimum Gasteiger partial charge on any atom is -0.266 e. The fourth-order valence-electron chi connectivity index (χ4n) is 2.49. The van der Waals surface area contributed by atoms with Gasteiger partial charge in [0.1, 0.15) is 22.2 Å². The maximum atomic E-state index is 14.2. The Hall–Kier alpha value is -3.86. The van der Waals surface area contributed by atoms with Crippen LogP contribution in [0.4, 0.5) is 22.0 Å². The van der Waals surface area contributed by atoms with Crippen LogP contribution in [0.3, 0.4) is 0 Å². The number of hydrogen-bond acceptors (Lipinski definition) is 6. The Bertz CT molecular complexity index is 1330. The van der Waals surface area contributed by atoms with Crippen molar-refractivity contribution in [3.05, 3.63) is 71.1 Å². The van der Waals surface area contributed by atoms with Crippen LogP contribution in [0.5, 0.6) is 0 Å². The molecule has 1 aromatic heterocycles. The number of carbonyl (C=O) groups is 1. The highest BCUT2D eigenvalue weighted by Crippen LogP contribution is 2.33. The molecular formula is C17H8F5N5O3S. The van der Waals surface area contributed by atoms with E-state index in [-0.39, 0.29) is 10.2 Å². The zero-order valence-electron chi connectivity index (χ0n) is 14.9. The summed E-state index contributed by atoms with van der Waals surface area (Å²) in [5.74, 6) is -4.39. The molecule has 1 heterocycles. The van der Waals surface area contributed by atoms with Gasteiger partial charge in [-0.15, -0.1) is 5.10 Å². The van der Waals surface area contributed by atoms with E-state index >= 15 is 0 Å². The molecule has 0 aliphatic carbocycles. The molecule has 14 heteroatoms. The molecule has 0 saturated carbocycles. The van der Waals surface area contributed by atoms with Gasteiger partial charge in [0.15, 0.2) is 11.4 Å². The number of halogens is 5. The van der Waals surface area contributed by atoms with Gasteiger partial charge in [-0.25, -0.2) is 26.6 Å². The third-order valence-electron chi connectivity index (χ3n) is 3.81. The maximum Gasteiger partial charge on any atom is 0.435 e. The molecular weight excluding hydrogens is 449 g/mol. The molecule has 0 radical (unpaired) electrons. The molecule has 0 aliphatic rings. The topological polar surface area (TPSA) is 118 Å². The number of amides is 1. The summed E-state index contributed by atoms with van der Waals surface area (Å²) in [7, 11) is -4.90. The molecule has 0 fully saturated rings. The molecule has 3 rings (SSSR count). The van der Waals surface area contributed by atoms with Crippen LogP contribution < -0.4 is 4.72 Å². The van der Waals surface area contributed by atoms with Crippen molar-refractivity contribution in [3.8, 4) is 11.8 Å². The number of sulfonamides is 1. The van der Waals surface area contributed by atoms with E-state index in [0.717, 1.165) is 36.4 Å². The Morgan fingerprint density at radius 1 is 1.10 bits per heavy atom. The van der Waals surface area contributed by atoms with Gasteiger partial charge in [0, 0.05) is 0 Å². The summed E-state index contributed by atoms with van der Waals surface area (Å²) >= 11 is 0. The first-order chi connectivity index (χ1) is 14.5. The number of hydrogen-bond donors (Lipinski definition) is 1. The Morgan fingerprint density at radius 3 is 2.35 bits per heavy atom. The van der Waals surface area contributed by atoms with E-state index in [1.807, 2.05) is 0 Å². The van der Waals surface area contributed by atoms with E-state index < -0.39 is 55.7 Å². The average Bonchev–Trinajstić information content (AvgIpc) is 3.13. The summed E-state index contributed by atoms with van der Waals surface area (Å²) in [5, 5.41) is 14.9.